The van der Waals surface area contributed by atoms with Gasteiger partial charge in [0.05, 0.1) is 18.9 Å². The number of urea groups is 1. The fraction of sp³-hybridized carbons (Fsp3) is 0.250. The van der Waals surface area contributed by atoms with E-state index in [1.807, 2.05) is 6.20 Å². The van der Waals surface area contributed by atoms with Crippen LogP contribution in [0.25, 0.3) is 0 Å². The number of carbonyl (C=O) groups excluding carboxylic acids is 1. The van der Waals surface area contributed by atoms with Crippen LogP contribution in [0, 0.1) is 0 Å². The van der Waals surface area contributed by atoms with Crippen molar-refractivity contribution in [3.8, 4) is 0 Å². The van der Waals surface area contributed by atoms with Gasteiger partial charge in [-0.1, -0.05) is 0 Å². The summed E-state index contributed by atoms with van der Waals surface area (Å²) in [5.41, 5.74) is 5.15. The molecular weight excluding hydrogens is 184 g/mol. The Morgan fingerprint density at radius 2 is 2.50 bits per heavy atom. The molecule has 0 aromatic heterocycles. The van der Waals surface area contributed by atoms with Crippen LogP contribution in [0.5, 0.6) is 0 Å². The average Bonchev–Trinajstić information content (AvgIpc) is 2.51. The van der Waals surface area contributed by atoms with E-state index in [0.717, 1.165) is 4.90 Å². The van der Waals surface area contributed by atoms with Gasteiger partial charge in [0.15, 0.2) is 0 Å². The summed E-state index contributed by atoms with van der Waals surface area (Å²) in [6.07, 6.45) is 6.88. The van der Waals surface area contributed by atoms with Crippen LogP contribution in [0.1, 0.15) is 0 Å². The second-order valence-corrected chi connectivity index (χ2v) is 2.90. The first-order valence-electron chi connectivity index (χ1n) is 4.26. The molecule has 74 valence electrons. The lowest BCUT2D eigenvalue weighted by Gasteiger charge is -2.18. The topological polar surface area (TPSA) is 72.4 Å². The smallest absolute Gasteiger partial charge is 0.406 e. The predicted molar refractivity (Wildman–Crippen MR) is 48.9 cm³/mol. The SMILES string of the molecule is NC(=O)N1C=C[NH+]2C=CN=C2OCC1. The van der Waals surface area contributed by atoms with Gasteiger partial charge in [0.1, 0.15) is 19.0 Å². The van der Waals surface area contributed by atoms with Crippen LogP contribution in [0.4, 0.5) is 4.79 Å². The van der Waals surface area contributed by atoms with E-state index in [2.05, 4.69) is 4.99 Å². The minimum Gasteiger partial charge on any atom is -0.434 e. The van der Waals surface area contributed by atoms with Crippen molar-refractivity contribution < 1.29 is 14.4 Å². The van der Waals surface area contributed by atoms with E-state index in [0.29, 0.717) is 19.2 Å². The number of nitrogens with zero attached hydrogens (tertiary/aromatic N) is 2. The third-order valence-electron chi connectivity index (χ3n) is 1.98. The number of nitrogens with two attached hydrogens (primary N) is 1. The molecule has 0 spiro atoms. The van der Waals surface area contributed by atoms with Gasteiger partial charge in [0.2, 0.25) is 0 Å². The number of hydrogen-bond acceptors (Lipinski definition) is 3. The Kier molecular flexibility index (Phi) is 2.19. The molecule has 2 heterocycles. The van der Waals surface area contributed by atoms with E-state index in [9.17, 15) is 4.79 Å². The highest BCUT2D eigenvalue weighted by molar-refractivity contribution is 5.73. The molecule has 0 saturated carbocycles. The monoisotopic (exact) mass is 195 g/mol. The Morgan fingerprint density at radius 1 is 1.64 bits per heavy atom. The number of quaternary nitrogens is 1. The van der Waals surface area contributed by atoms with Crippen molar-refractivity contribution in [1.82, 2.24) is 4.90 Å². The van der Waals surface area contributed by atoms with Crippen molar-refractivity contribution in [1.29, 1.82) is 0 Å². The number of amidine groups is 1. The van der Waals surface area contributed by atoms with Crippen LogP contribution in [-0.4, -0.2) is 30.1 Å². The molecule has 0 saturated heterocycles. The molecular formula is C8H11N4O2+. The van der Waals surface area contributed by atoms with Gasteiger partial charge in [-0.15, -0.1) is 0 Å². The van der Waals surface area contributed by atoms with Crippen molar-refractivity contribution in [3.05, 3.63) is 24.8 Å². The first-order valence-corrected chi connectivity index (χ1v) is 4.26. The van der Waals surface area contributed by atoms with E-state index in [4.69, 9.17) is 10.5 Å². The van der Waals surface area contributed by atoms with Gasteiger partial charge in [0, 0.05) is 0 Å². The van der Waals surface area contributed by atoms with E-state index in [1.54, 1.807) is 18.6 Å². The lowest BCUT2D eigenvalue weighted by molar-refractivity contribution is -0.693. The molecule has 0 aromatic carbocycles. The third-order valence-corrected chi connectivity index (χ3v) is 1.98. The molecule has 6 heteroatoms. The van der Waals surface area contributed by atoms with Crippen molar-refractivity contribution in [2.45, 2.75) is 0 Å². The minimum atomic E-state index is -0.479. The standard InChI is InChI=1S/C8H10N4O2/c9-7(13)11-3-4-12-2-1-10-8(12)14-6-5-11/h1-4H,5-6H2,(H2,9,13)/p+1. The third kappa shape index (κ3) is 1.60. The number of carbonyl (C=O) groups is 1. The number of aliphatic imine (C=N–C) groups is 1. The largest absolute Gasteiger partial charge is 0.434 e. The second kappa shape index (κ2) is 3.51. The van der Waals surface area contributed by atoms with Gasteiger partial charge in [-0.3, -0.25) is 4.90 Å². The molecule has 1 unspecified atom stereocenters. The number of ether oxygens (including phenoxy) is 1. The van der Waals surface area contributed by atoms with Crippen molar-refractivity contribution in [2.75, 3.05) is 13.2 Å². The summed E-state index contributed by atoms with van der Waals surface area (Å²) in [5, 5.41) is 0. The summed E-state index contributed by atoms with van der Waals surface area (Å²) in [6, 6.07) is 0.123. The Hall–Kier alpha value is -1.82. The maximum atomic E-state index is 10.9. The average molecular weight is 195 g/mol. The van der Waals surface area contributed by atoms with E-state index < -0.39 is 6.03 Å². The molecule has 0 fully saturated rings. The van der Waals surface area contributed by atoms with Crippen LogP contribution in [0.3, 0.4) is 0 Å². The van der Waals surface area contributed by atoms with E-state index in [-0.39, 0.29) is 0 Å². The highest BCUT2D eigenvalue weighted by Gasteiger charge is 2.21. The summed E-state index contributed by atoms with van der Waals surface area (Å²) in [4.78, 5) is 17.2. The Balaban J connectivity index is 2.14. The molecule has 0 radical (unpaired) electrons. The van der Waals surface area contributed by atoms with Gasteiger partial charge in [-0.2, -0.15) is 9.89 Å². The summed E-state index contributed by atoms with van der Waals surface area (Å²) in [6.45, 7) is 0.843. The molecule has 2 rings (SSSR count). The van der Waals surface area contributed by atoms with Crippen molar-refractivity contribution >= 4 is 12.1 Å². The van der Waals surface area contributed by atoms with Crippen LogP contribution in [-0.2, 0) is 4.74 Å². The highest BCUT2D eigenvalue weighted by Crippen LogP contribution is 1.94. The minimum absolute atomic E-state index is 0.400. The van der Waals surface area contributed by atoms with Crippen LogP contribution >= 0.6 is 0 Å². The fourth-order valence-corrected chi connectivity index (χ4v) is 1.25. The van der Waals surface area contributed by atoms with Gasteiger partial charge >= 0.3 is 12.1 Å². The normalized spacial score (nSPS) is 24.7. The molecule has 2 aliphatic rings. The van der Waals surface area contributed by atoms with Crippen LogP contribution in [0.15, 0.2) is 29.8 Å². The molecule has 3 N–H and O–H groups in total. The molecule has 2 aliphatic heterocycles. The zero-order chi connectivity index (χ0) is 9.97. The number of primary amides is 1. The van der Waals surface area contributed by atoms with Gasteiger partial charge in [-0.05, 0) is 0 Å². The van der Waals surface area contributed by atoms with Crippen LogP contribution < -0.4 is 10.6 Å². The molecule has 2 amide bonds. The maximum Gasteiger partial charge on any atom is 0.406 e. The zero-order valence-corrected chi connectivity index (χ0v) is 7.51. The lowest BCUT2D eigenvalue weighted by atomic mass is 10.5. The zero-order valence-electron chi connectivity index (χ0n) is 7.51. The predicted octanol–water partition coefficient (Wildman–Crippen LogP) is -1.41. The van der Waals surface area contributed by atoms with E-state index in [1.165, 1.54) is 4.90 Å². The number of rotatable bonds is 0. The second-order valence-electron chi connectivity index (χ2n) is 2.90. The van der Waals surface area contributed by atoms with Crippen LogP contribution in [0.2, 0.25) is 0 Å². The summed E-state index contributed by atoms with van der Waals surface area (Å²) in [5.74, 6) is 0. The molecule has 0 aliphatic carbocycles. The van der Waals surface area contributed by atoms with Crippen molar-refractivity contribution in [3.63, 3.8) is 0 Å². The molecule has 6 nitrogen and oxygen atoms in total. The maximum absolute atomic E-state index is 10.9. The summed E-state index contributed by atoms with van der Waals surface area (Å²) >= 11 is 0. The Morgan fingerprint density at radius 3 is 3.29 bits per heavy atom. The summed E-state index contributed by atoms with van der Waals surface area (Å²) < 4.78 is 5.34. The number of amides is 2. The molecule has 0 aromatic rings. The molecule has 14 heavy (non-hydrogen) atoms. The fourth-order valence-electron chi connectivity index (χ4n) is 1.25. The number of nitrogens with one attached hydrogen (secondary N) is 1. The molecule has 0 bridgehead atoms. The van der Waals surface area contributed by atoms with Gasteiger partial charge < -0.3 is 10.5 Å². The van der Waals surface area contributed by atoms with Gasteiger partial charge in [0.25, 0.3) is 0 Å². The first kappa shape index (κ1) is 8.76. The van der Waals surface area contributed by atoms with Crippen molar-refractivity contribution in [2.24, 2.45) is 10.7 Å². The lowest BCUT2D eigenvalue weighted by Crippen LogP contribution is -3.05. The number of hydrogen-bond donors (Lipinski definition) is 2. The Bertz CT molecular complexity index is 334. The first-order chi connectivity index (χ1) is 6.77. The van der Waals surface area contributed by atoms with E-state index >= 15 is 0 Å². The Labute approximate surface area is 80.9 Å². The highest BCUT2D eigenvalue weighted by atomic mass is 16.5. The quantitative estimate of drug-likeness (QED) is 0.498. The molecule has 1 atom stereocenters. The number of fused-ring (bicyclic) bond motifs is 1. The van der Waals surface area contributed by atoms with Gasteiger partial charge in [-0.25, -0.2) is 4.79 Å². The summed E-state index contributed by atoms with van der Waals surface area (Å²) in [7, 11) is 0.